The summed E-state index contributed by atoms with van der Waals surface area (Å²) in [6.45, 7) is 0. The van der Waals surface area contributed by atoms with Crippen LogP contribution in [0.25, 0.3) is 93.8 Å². The van der Waals surface area contributed by atoms with E-state index in [1.807, 2.05) is 18.2 Å². The van der Waals surface area contributed by atoms with Gasteiger partial charge in [-0.15, -0.1) is 0 Å². The van der Waals surface area contributed by atoms with Crippen molar-refractivity contribution in [3.05, 3.63) is 152 Å². The minimum Gasteiger partial charge on any atom is -0.451 e. The summed E-state index contributed by atoms with van der Waals surface area (Å²) in [4.78, 5) is 10.5. The van der Waals surface area contributed by atoms with Crippen molar-refractivity contribution in [3.63, 3.8) is 0 Å². The zero-order valence-electron chi connectivity index (χ0n) is 24.7. The molecule has 46 heavy (non-hydrogen) atoms. The molecule has 4 nitrogen and oxygen atoms in total. The average Bonchev–Trinajstić information content (AvgIpc) is 3.68. The molecule has 0 aliphatic rings. The Balaban J connectivity index is 1.34. The third-order valence-electron chi connectivity index (χ3n) is 9.18. The molecule has 3 aromatic heterocycles. The standard InChI is InChI=1S/C42H25N3O/c1-3-13-26(14-4-1)42-43-38(27-23-24-36-34(25-27)31-19-11-12-22-35(31)45(36)28-15-5-2-6-16-28)41-39(44-42)37-32-20-9-7-17-29(32)30-18-8-10-21-33(30)40(37)46-41/h1-25H. The number of nitrogens with zero attached hydrogens (tertiary/aromatic N) is 3. The summed E-state index contributed by atoms with van der Waals surface area (Å²) >= 11 is 0. The summed E-state index contributed by atoms with van der Waals surface area (Å²) < 4.78 is 9.23. The Bertz CT molecular complexity index is 2790. The molecule has 0 atom stereocenters. The lowest BCUT2D eigenvalue weighted by atomic mass is 9.98. The van der Waals surface area contributed by atoms with Crippen LogP contribution < -0.4 is 0 Å². The molecule has 3 heterocycles. The molecule has 7 aromatic carbocycles. The Hall–Kier alpha value is -6.26. The lowest BCUT2D eigenvalue weighted by Crippen LogP contribution is -1.95. The molecule has 0 saturated heterocycles. The zero-order chi connectivity index (χ0) is 30.2. The van der Waals surface area contributed by atoms with Crippen LogP contribution in [0, 0.1) is 0 Å². The number of benzene rings is 7. The minimum atomic E-state index is 0.676. The van der Waals surface area contributed by atoms with Crippen molar-refractivity contribution >= 4 is 65.4 Å². The number of hydrogen-bond donors (Lipinski definition) is 0. The Kier molecular flexibility index (Phi) is 5.25. The number of para-hydroxylation sites is 2. The molecule has 214 valence electrons. The van der Waals surface area contributed by atoms with E-state index in [2.05, 4.69) is 138 Å². The van der Waals surface area contributed by atoms with E-state index in [-0.39, 0.29) is 0 Å². The van der Waals surface area contributed by atoms with Crippen molar-refractivity contribution in [2.75, 3.05) is 0 Å². The van der Waals surface area contributed by atoms with Crippen LogP contribution in [0.1, 0.15) is 0 Å². The number of furan rings is 1. The highest BCUT2D eigenvalue weighted by Gasteiger charge is 2.23. The van der Waals surface area contributed by atoms with Crippen molar-refractivity contribution < 1.29 is 4.42 Å². The molecule has 0 aliphatic carbocycles. The van der Waals surface area contributed by atoms with Gasteiger partial charge in [0.25, 0.3) is 0 Å². The van der Waals surface area contributed by atoms with Gasteiger partial charge in [-0.1, -0.05) is 121 Å². The van der Waals surface area contributed by atoms with Gasteiger partial charge in [0.05, 0.1) is 16.4 Å². The van der Waals surface area contributed by atoms with Gasteiger partial charge < -0.3 is 8.98 Å². The summed E-state index contributed by atoms with van der Waals surface area (Å²) in [5.74, 6) is 0.676. The normalized spacial score (nSPS) is 11.9. The molecular weight excluding hydrogens is 562 g/mol. The Morgan fingerprint density at radius 3 is 1.83 bits per heavy atom. The third kappa shape index (κ3) is 3.55. The zero-order valence-corrected chi connectivity index (χ0v) is 24.7. The first-order valence-corrected chi connectivity index (χ1v) is 15.5. The molecule has 10 aromatic rings. The maximum atomic E-state index is 6.89. The Labute approximate surface area is 263 Å². The van der Waals surface area contributed by atoms with Gasteiger partial charge in [-0.2, -0.15) is 0 Å². The molecule has 0 N–H and O–H groups in total. The van der Waals surface area contributed by atoms with Gasteiger partial charge in [-0.3, -0.25) is 0 Å². The van der Waals surface area contributed by atoms with Crippen molar-refractivity contribution in [1.29, 1.82) is 0 Å². The maximum Gasteiger partial charge on any atom is 0.180 e. The van der Waals surface area contributed by atoms with Crippen LogP contribution in [0.5, 0.6) is 0 Å². The average molecular weight is 588 g/mol. The van der Waals surface area contributed by atoms with Crippen LogP contribution in [0.2, 0.25) is 0 Å². The van der Waals surface area contributed by atoms with E-state index in [0.717, 1.165) is 66.1 Å². The summed E-state index contributed by atoms with van der Waals surface area (Å²) in [6, 6.07) is 53.0. The predicted molar refractivity (Wildman–Crippen MR) is 190 cm³/mol. The Morgan fingerprint density at radius 1 is 0.435 bits per heavy atom. The van der Waals surface area contributed by atoms with Crippen LogP contribution in [0.3, 0.4) is 0 Å². The fraction of sp³-hybridized carbons (Fsp3) is 0. The predicted octanol–water partition coefficient (Wildman–Crippen LogP) is 11.1. The second-order valence-corrected chi connectivity index (χ2v) is 11.8. The molecule has 4 heteroatoms. The van der Waals surface area contributed by atoms with Crippen molar-refractivity contribution in [2.45, 2.75) is 0 Å². The molecule has 10 rings (SSSR count). The van der Waals surface area contributed by atoms with Crippen LogP contribution >= 0.6 is 0 Å². The summed E-state index contributed by atoms with van der Waals surface area (Å²) in [5.41, 5.74) is 8.54. The van der Waals surface area contributed by atoms with Crippen LogP contribution in [-0.2, 0) is 0 Å². The number of fused-ring (bicyclic) bond motifs is 11. The monoisotopic (exact) mass is 587 g/mol. The van der Waals surface area contributed by atoms with Crippen LogP contribution in [0.15, 0.2) is 156 Å². The number of hydrogen-bond acceptors (Lipinski definition) is 3. The lowest BCUT2D eigenvalue weighted by Gasteiger charge is -2.09. The molecule has 0 spiro atoms. The first-order chi connectivity index (χ1) is 22.8. The topological polar surface area (TPSA) is 43.9 Å². The summed E-state index contributed by atoms with van der Waals surface area (Å²) in [6.07, 6.45) is 0. The van der Waals surface area contributed by atoms with Crippen molar-refractivity contribution in [3.8, 4) is 28.3 Å². The molecule has 0 aliphatic heterocycles. The highest BCUT2D eigenvalue weighted by atomic mass is 16.3. The van der Waals surface area contributed by atoms with Gasteiger partial charge in [-0.05, 0) is 46.5 Å². The summed E-state index contributed by atoms with van der Waals surface area (Å²) in [7, 11) is 0. The minimum absolute atomic E-state index is 0.676. The number of aromatic nitrogens is 3. The molecule has 0 saturated carbocycles. The molecule has 0 radical (unpaired) electrons. The van der Waals surface area contributed by atoms with Gasteiger partial charge >= 0.3 is 0 Å². The second kappa shape index (κ2) is 9.62. The van der Waals surface area contributed by atoms with Crippen LogP contribution in [0.4, 0.5) is 0 Å². The molecule has 0 fully saturated rings. The highest BCUT2D eigenvalue weighted by molar-refractivity contribution is 6.30. The van der Waals surface area contributed by atoms with E-state index in [0.29, 0.717) is 11.4 Å². The van der Waals surface area contributed by atoms with Gasteiger partial charge in [0.1, 0.15) is 16.8 Å². The van der Waals surface area contributed by atoms with E-state index in [4.69, 9.17) is 14.4 Å². The van der Waals surface area contributed by atoms with Crippen molar-refractivity contribution in [1.82, 2.24) is 14.5 Å². The lowest BCUT2D eigenvalue weighted by molar-refractivity contribution is 0.671. The maximum absolute atomic E-state index is 6.89. The molecule has 0 bridgehead atoms. The Morgan fingerprint density at radius 2 is 1.04 bits per heavy atom. The van der Waals surface area contributed by atoms with Gasteiger partial charge in [0.15, 0.2) is 11.4 Å². The van der Waals surface area contributed by atoms with E-state index in [1.54, 1.807) is 0 Å². The SMILES string of the molecule is c1ccc(-c2nc(-c3ccc4c(c3)c3ccccc3n4-c3ccccc3)c3oc4c5ccccc5c5ccccc5c4c3n2)cc1. The largest absolute Gasteiger partial charge is 0.451 e. The third-order valence-corrected chi connectivity index (χ3v) is 9.18. The molecule has 0 amide bonds. The van der Waals surface area contributed by atoms with Crippen LogP contribution in [-0.4, -0.2) is 14.5 Å². The molecular formula is C42H25N3O. The molecule has 0 unspecified atom stereocenters. The quantitative estimate of drug-likeness (QED) is 0.193. The van der Waals surface area contributed by atoms with E-state index in [9.17, 15) is 0 Å². The van der Waals surface area contributed by atoms with Crippen molar-refractivity contribution in [2.24, 2.45) is 0 Å². The summed E-state index contributed by atoms with van der Waals surface area (Å²) in [5, 5.41) is 7.92. The van der Waals surface area contributed by atoms with Gasteiger partial charge in [-0.25, -0.2) is 9.97 Å². The first-order valence-electron chi connectivity index (χ1n) is 15.5. The van der Waals surface area contributed by atoms with Gasteiger partial charge in [0.2, 0.25) is 0 Å². The van der Waals surface area contributed by atoms with E-state index >= 15 is 0 Å². The van der Waals surface area contributed by atoms with E-state index in [1.165, 1.54) is 16.3 Å². The fourth-order valence-corrected chi connectivity index (χ4v) is 7.16. The second-order valence-electron chi connectivity index (χ2n) is 11.8. The fourth-order valence-electron chi connectivity index (χ4n) is 7.16. The van der Waals surface area contributed by atoms with E-state index < -0.39 is 0 Å². The smallest absolute Gasteiger partial charge is 0.180 e. The highest BCUT2D eigenvalue weighted by Crippen LogP contribution is 2.44. The van der Waals surface area contributed by atoms with Gasteiger partial charge in [0, 0.05) is 33.0 Å². The number of rotatable bonds is 3. The first kappa shape index (κ1) is 25.1.